The van der Waals surface area contributed by atoms with Crippen molar-refractivity contribution in [1.29, 1.82) is 0 Å². The van der Waals surface area contributed by atoms with Crippen molar-refractivity contribution in [2.24, 2.45) is 0 Å². The van der Waals surface area contributed by atoms with Gasteiger partial charge in [0.1, 0.15) is 10.6 Å². The van der Waals surface area contributed by atoms with Gasteiger partial charge in [0.05, 0.1) is 4.91 Å². The second-order valence-corrected chi connectivity index (χ2v) is 6.41. The molecule has 3 nitrogen and oxygen atoms in total. The van der Waals surface area contributed by atoms with Gasteiger partial charge in [-0.1, -0.05) is 55.2 Å². The molecular formula is C16H17NO2S2. The molecule has 0 spiro atoms. The van der Waals surface area contributed by atoms with E-state index in [9.17, 15) is 9.59 Å². The number of carbonyl (C=O) groups is 2. The van der Waals surface area contributed by atoms with Crippen molar-refractivity contribution in [2.75, 3.05) is 6.54 Å². The minimum Gasteiger partial charge on any atom is -0.303 e. The van der Waals surface area contributed by atoms with Gasteiger partial charge in [-0.05, 0) is 30.0 Å². The molecule has 2 rings (SSSR count). The number of hydrogen-bond acceptors (Lipinski definition) is 4. The van der Waals surface area contributed by atoms with E-state index in [0.29, 0.717) is 28.6 Å². The number of unbranched alkanes of at least 4 members (excludes halogenated alkanes) is 1. The van der Waals surface area contributed by atoms with Gasteiger partial charge in [-0.25, -0.2) is 0 Å². The topological polar surface area (TPSA) is 37.4 Å². The lowest BCUT2D eigenvalue weighted by Crippen LogP contribution is -2.29. The van der Waals surface area contributed by atoms with Crippen LogP contribution in [0.2, 0.25) is 0 Å². The lowest BCUT2D eigenvalue weighted by atomic mass is 10.1. The maximum atomic E-state index is 12.3. The van der Waals surface area contributed by atoms with E-state index in [1.165, 1.54) is 17.3 Å². The van der Waals surface area contributed by atoms with Crippen molar-refractivity contribution in [3.63, 3.8) is 0 Å². The summed E-state index contributed by atoms with van der Waals surface area (Å²) in [5.41, 5.74) is 2.27. The van der Waals surface area contributed by atoms with Crippen LogP contribution in [0.1, 0.15) is 30.9 Å². The summed E-state index contributed by atoms with van der Waals surface area (Å²) in [5, 5.41) is 0. The molecule has 0 bridgehead atoms. The summed E-state index contributed by atoms with van der Waals surface area (Å²) in [5.74, 6) is -0.0598. The van der Waals surface area contributed by atoms with Gasteiger partial charge >= 0.3 is 0 Å². The lowest BCUT2D eigenvalue weighted by molar-refractivity contribution is -0.122. The van der Waals surface area contributed by atoms with Gasteiger partial charge in [0.15, 0.2) is 0 Å². The van der Waals surface area contributed by atoms with Gasteiger partial charge in [-0.2, -0.15) is 0 Å². The number of nitrogens with zero attached hydrogens (tertiary/aromatic N) is 1. The number of rotatable bonds is 6. The van der Waals surface area contributed by atoms with Gasteiger partial charge in [-0.15, -0.1) is 0 Å². The van der Waals surface area contributed by atoms with Gasteiger partial charge in [-0.3, -0.25) is 9.69 Å². The maximum absolute atomic E-state index is 12.3. The van der Waals surface area contributed by atoms with Crippen LogP contribution in [0.5, 0.6) is 0 Å². The Hall–Kier alpha value is -1.46. The molecule has 110 valence electrons. The molecule has 1 fully saturated rings. The SMILES string of the molecule is CCc1ccc(C=C2SC(=S)N(CCCC=O)C2=O)cc1. The largest absolute Gasteiger partial charge is 0.303 e. The Kier molecular flexibility index (Phi) is 5.70. The minimum atomic E-state index is -0.0598. The molecule has 0 aliphatic carbocycles. The first-order valence-corrected chi connectivity index (χ1v) is 8.16. The predicted molar refractivity (Wildman–Crippen MR) is 91.0 cm³/mol. The van der Waals surface area contributed by atoms with Crippen LogP contribution < -0.4 is 0 Å². The standard InChI is InChI=1S/C16H17NO2S2/c1-2-12-5-7-13(8-6-12)11-14-15(19)17(16(20)21-14)9-3-4-10-18/h5-8,10-11H,2-4,9H2,1H3. The number of benzene rings is 1. The van der Waals surface area contributed by atoms with Crippen LogP contribution in [0.4, 0.5) is 0 Å². The summed E-state index contributed by atoms with van der Waals surface area (Å²) in [6.45, 7) is 2.62. The van der Waals surface area contributed by atoms with Crippen LogP contribution in [0.25, 0.3) is 6.08 Å². The van der Waals surface area contributed by atoms with Crippen molar-refractivity contribution < 1.29 is 9.59 Å². The Morgan fingerprint density at radius 1 is 1.29 bits per heavy atom. The molecule has 0 N–H and O–H groups in total. The summed E-state index contributed by atoms with van der Waals surface area (Å²) >= 11 is 6.56. The fraction of sp³-hybridized carbons (Fsp3) is 0.312. The molecule has 1 aliphatic rings. The highest BCUT2D eigenvalue weighted by molar-refractivity contribution is 8.26. The average molecular weight is 319 g/mol. The highest BCUT2D eigenvalue weighted by Crippen LogP contribution is 2.32. The third-order valence-corrected chi connectivity index (χ3v) is 4.64. The molecule has 0 aromatic heterocycles. The number of thioether (sulfide) groups is 1. The minimum absolute atomic E-state index is 0.0598. The summed E-state index contributed by atoms with van der Waals surface area (Å²) in [4.78, 5) is 24.9. The third-order valence-electron chi connectivity index (χ3n) is 3.26. The van der Waals surface area contributed by atoms with Crippen LogP contribution >= 0.6 is 24.0 Å². The third kappa shape index (κ3) is 4.02. The first-order valence-electron chi connectivity index (χ1n) is 6.93. The number of hydrogen-bond donors (Lipinski definition) is 0. The Morgan fingerprint density at radius 3 is 2.62 bits per heavy atom. The van der Waals surface area contributed by atoms with Crippen LogP contribution in [0.3, 0.4) is 0 Å². The average Bonchev–Trinajstić information content (AvgIpc) is 2.75. The summed E-state index contributed by atoms with van der Waals surface area (Å²) < 4.78 is 0.572. The quantitative estimate of drug-likeness (QED) is 0.348. The first-order chi connectivity index (χ1) is 10.2. The fourth-order valence-electron chi connectivity index (χ4n) is 2.03. The van der Waals surface area contributed by atoms with Crippen molar-refractivity contribution in [1.82, 2.24) is 4.90 Å². The number of carbonyl (C=O) groups excluding carboxylic acids is 2. The molecule has 1 saturated heterocycles. The van der Waals surface area contributed by atoms with Gasteiger partial charge in [0.2, 0.25) is 0 Å². The zero-order valence-electron chi connectivity index (χ0n) is 11.9. The first kappa shape index (κ1) is 15.9. The number of thiocarbonyl (C=S) groups is 1. The van der Waals surface area contributed by atoms with Crippen LogP contribution in [0.15, 0.2) is 29.2 Å². The maximum Gasteiger partial charge on any atom is 0.266 e. The molecule has 0 unspecified atom stereocenters. The van der Waals surface area contributed by atoms with Crippen LogP contribution in [-0.4, -0.2) is 28.0 Å². The molecule has 0 atom stereocenters. The van der Waals surface area contributed by atoms with Crippen molar-refractivity contribution in [3.05, 3.63) is 40.3 Å². The van der Waals surface area contributed by atoms with Crippen LogP contribution in [-0.2, 0) is 16.0 Å². The Bertz CT molecular complexity index is 578. The van der Waals surface area contributed by atoms with E-state index >= 15 is 0 Å². The van der Waals surface area contributed by atoms with E-state index in [-0.39, 0.29) is 5.91 Å². The molecule has 1 amide bonds. The monoisotopic (exact) mass is 319 g/mol. The number of amides is 1. The molecule has 1 heterocycles. The van der Waals surface area contributed by atoms with Gasteiger partial charge in [0.25, 0.3) is 5.91 Å². The van der Waals surface area contributed by atoms with Crippen molar-refractivity contribution >= 4 is 46.6 Å². The molecule has 21 heavy (non-hydrogen) atoms. The fourth-order valence-corrected chi connectivity index (χ4v) is 3.34. The van der Waals surface area contributed by atoms with Crippen LogP contribution in [0, 0.1) is 0 Å². The highest BCUT2D eigenvalue weighted by atomic mass is 32.2. The van der Waals surface area contributed by atoms with E-state index < -0.39 is 0 Å². The zero-order chi connectivity index (χ0) is 15.2. The van der Waals surface area contributed by atoms with E-state index in [1.54, 1.807) is 4.90 Å². The molecule has 5 heteroatoms. The number of aryl methyl sites for hydroxylation is 1. The normalized spacial score (nSPS) is 16.8. The molecule has 1 aromatic rings. The second kappa shape index (κ2) is 7.52. The Morgan fingerprint density at radius 2 is 2.00 bits per heavy atom. The Balaban J connectivity index is 2.09. The summed E-state index contributed by atoms with van der Waals surface area (Å²) in [6, 6.07) is 8.16. The predicted octanol–water partition coefficient (Wildman–Crippen LogP) is 3.43. The summed E-state index contributed by atoms with van der Waals surface area (Å²) in [7, 11) is 0. The van der Waals surface area contributed by atoms with Gasteiger partial charge < -0.3 is 4.79 Å². The lowest BCUT2D eigenvalue weighted by Gasteiger charge is -2.12. The van der Waals surface area contributed by atoms with Crippen molar-refractivity contribution in [3.8, 4) is 0 Å². The molecule has 0 saturated carbocycles. The summed E-state index contributed by atoms with van der Waals surface area (Å²) in [6.07, 6.45) is 4.84. The van der Waals surface area contributed by atoms with E-state index in [0.717, 1.165) is 18.3 Å². The van der Waals surface area contributed by atoms with Crippen molar-refractivity contribution in [2.45, 2.75) is 26.2 Å². The second-order valence-electron chi connectivity index (χ2n) is 4.74. The molecular weight excluding hydrogens is 302 g/mol. The van der Waals surface area contributed by atoms with Gasteiger partial charge in [0, 0.05) is 13.0 Å². The van der Waals surface area contributed by atoms with E-state index in [4.69, 9.17) is 12.2 Å². The number of aldehydes is 1. The molecule has 1 aromatic carbocycles. The Labute approximate surface area is 134 Å². The highest BCUT2D eigenvalue weighted by Gasteiger charge is 2.31. The molecule has 0 radical (unpaired) electrons. The van der Waals surface area contributed by atoms with E-state index in [1.807, 2.05) is 18.2 Å². The smallest absolute Gasteiger partial charge is 0.266 e. The van der Waals surface area contributed by atoms with E-state index in [2.05, 4.69) is 19.1 Å². The zero-order valence-corrected chi connectivity index (χ0v) is 13.5. The molecule has 1 aliphatic heterocycles.